The number of fused-ring (bicyclic) bond motifs is 5. The zero-order valence-corrected chi connectivity index (χ0v) is 23.9. The molecule has 8 nitrogen and oxygen atoms in total. The van der Waals surface area contributed by atoms with E-state index in [0.29, 0.717) is 29.4 Å². The molecule has 6 unspecified atom stereocenters. The fourth-order valence-electron chi connectivity index (χ4n) is 7.20. The van der Waals surface area contributed by atoms with Crippen LogP contribution in [0.15, 0.2) is 12.3 Å². The molecular formula is C27H44F3N7OS. The molecule has 5 heterocycles. The van der Waals surface area contributed by atoms with Gasteiger partial charge in [-0.1, -0.05) is 11.9 Å². The number of nitrogens with one attached hydrogen (secondary N) is 4. The molecule has 1 aliphatic carbocycles. The topological polar surface area (TPSA) is 78.4 Å². The van der Waals surface area contributed by atoms with Crippen LogP contribution in [0.3, 0.4) is 0 Å². The van der Waals surface area contributed by atoms with Crippen molar-refractivity contribution >= 4 is 11.9 Å². The van der Waals surface area contributed by atoms with E-state index in [1.54, 1.807) is 6.07 Å². The van der Waals surface area contributed by atoms with E-state index < -0.39 is 11.6 Å². The lowest BCUT2D eigenvalue weighted by Crippen LogP contribution is -2.64. The van der Waals surface area contributed by atoms with Gasteiger partial charge in [0.1, 0.15) is 6.17 Å². The second-order valence-corrected chi connectivity index (χ2v) is 14.0. The Morgan fingerprint density at radius 3 is 2.72 bits per heavy atom. The summed E-state index contributed by atoms with van der Waals surface area (Å²) in [4.78, 5) is 2.72. The first kappa shape index (κ1) is 28.1. The molecule has 0 aromatic carbocycles. The standard InChI is InChI=1S/C27H44F3N7OS/c1-25(2)10-8-19-17-31-20-4-3-5-23(33-20)39-32-16-18-6-7-21(34-24(18)37(19)25)36-14-9-22(35-36)38-15-13-26(11-12-26)27(28,29)30/h9,14,18-21,23-24,31-34H,3-8,10-13,15-17H2,1-2H3. The van der Waals surface area contributed by atoms with Crippen molar-refractivity contribution in [3.63, 3.8) is 0 Å². The molecule has 39 heavy (non-hydrogen) atoms. The Hall–Kier alpha value is -1.05. The average Bonchev–Trinajstić information content (AvgIpc) is 3.45. The van der Waals surface area contributed by atoms with Gasteiger partial charge in [-0.2, -0.15) is 13.2 Å². The Kier molecular flexibility index (Phi) is 7.91. The molecule has 4 saturated heterocycles. The Morgan fingerprint density at radius 2 is 1.92 bits per heavy atom. The van der Waals surface area contributed by atoms with Gasteiger partial charge in [-0.05, 0) is 78.1 Å². The van der Waals surface area contributed by atoms with Crippen LogP contribution in [0.2, 0.25) is 0 Å². The highest BCUT2D eigenvalue weighted by Crippen LogP contribution is 2.59. The van der Waals surface area contributed by atoms with Gasteiger partial charge >= 0.3 is 6.18 Å². The monoisotopic (exact) mass is 571 g/mol. The number of halogens is 3. The summed E-state index contributed by atoms with van der Waals surface area (Å²) >= 11 is 1.84. The van der Waals surface area contributed by atoms with Gasteiger partial charge in [-0.3, -0.25) is 24.9 Å². The Labute approximate surface area is 234 Å². The normalized spacial score (nSPS) is 36.7. The van der Waals surface area contributed by atoms with E-state index >= 15 is 0 Å². The lowest BCUT2D eigenvalue weighted by atomic mass is 9.90. The van der Waals surface area contributed by atoms with Gasteiger partial charge in [-0.25, -0.2) is 0 Å². The lowest BCUT2D eigenvalue weighted by Gasteiger charge is -2.50. The van der Waals surface area contributed by atoms with Gasteiger partial charge < -0.3 is 10.1 Å². The van der Waals surface area contributed by atoms with E-state index in [1.807, 2.05) is 22.8 Å². The summed E-state index contributed by atoms with van der Waals surface area (Å²) < 4.78 is 51.1. The molecule has 12 heteroatoms. The number of rotatable bonds is 5. The van der Waals surface area contributed by atoms with E-state index in [-0.39, 0.29) is 43.7 Å². The number of nitrogens with zero attached hydrogens (tertiary/aromatic N) is 3. The summed E-state index contributed by atoms with van der Waals surface area (Å²) in [6.45, 7) is 6.69. The first-order valence-corrected chi connectivity index (χ1v) is 15.7. The van der Waals surface area contributed by atoms with Crippen LogP contribution in [0.5, 0.6) is 5.88 Å². The van der Waals surface area contributed by atoms with Crippen LogP contribution in [0.4, 0.5) is 13.2 Å². The van der Waals surface area contributed by atoms with E-state index in [4.69, 9.17) is 4.74 Å². The highest BCUT2D eigenvalue weighted by molar-refractivity contribution is 7.98. The summed E-state index contributed by atoms with van der Waals surface area (Å²) in [5, 5.41) is 16.6. The third kappa shape index (κ3) is 5.97. The number of piperidine rings is 2. The van der Waals surface area contributed by atoms with E-state index in [2.05, 4.69) is 44.5 Å². The van der Waals surface area contributed by atoms with Gasteiger partial charge in [0.05, 0.1) is 29.7 Å². The van der Waals surface area contributed by atoms with Crippen molar-refractivity contribution in [1.29, 1.82) is 0 Å². The van der Waals surface area contributed by atoms with E-state index in [0.717, 1.165) is 32.4 Å². The summed E-state index contributed by atoms with van der Waals surface area (Å²) in [6, 6.07) is 2.23. The maximum absolute atomic E-state index is 13.3. The molecule has 5 fully saturated rings. The average molecular weight is 572 g/mol. The van der Waals surface area contributed by atoms with Crippen molar-refractivity contribution in [2.75, 3.05) is 19.7 Å². The quantitative estimate of drug-likeness (QED) is 0.389. The highest BCUT2D eigenvalue weighted by Gasteiger charge is 2.62. The molecule has 1 saturated carbocycles. The minimum Gasteiger partial charge on any atom is -0.477 e. The molecule has 6 atom stereocenters. The van der Waals surface area contributed by atoms with Crippen LogP contribution in [0.1, 0.15) is 84.2 Å². The summed E-state index contributed by atoms with van der Waals surface area (Å²) in [5.74, 6) is 0.854. The Morgan fingerprint density at radius 1 is 1.08 bits per heavy atom. The Bertz CT molecular complexity index is 987. The minimum atomic E-state index is -4.15. The zero-order chi connectivity index (χ0) is 27.3. The number of aromatic nitrogens is 2. The minimum absolute atomic E-state index is 0.00347. The molecule has 4 aliphatic heterocycles. The summed E-state index contributed by atoms with van der Waals surface area (Å²) in [5.41, 5.74) is -1.46. The first-order chi connectivity index (χ1) is 18.6. The smallest absolute Gasteiger partial charge is 0.394 e. The summed E-state index contributed by atoms with van der Waals surface area (Å²) in [7, 11) is 0. The molecular weight excluding hydrogens is 527 g/mol. The van der Waals surface area contributed by atoms with E-state index in [1.165, 1.54) is 25.7 Å². The third-order valence-corrected chi connectivity index (χ3v) is 10.8. The molecule has 2 bridgehead atoms. The molecule has 1 aromatic heterocycles. The molecule has 4 N–H and O–H groups in total. The van der Waals surface area contributed by atoms with Gasteiger partial charge in [0.25, 0.3) is 0 Å². The van der Waals surface area contributed by atoms with Crippen molar-refractivity contribution in [2.24, 2.45) is 11.3 Å². The van der Waals surface area contributed by atoms with E-state index in [9.17, 15) is 13.2 Å². The maximum atomic E-state index is 13.3. The molecule has 220 valence electrons. The number of hydrogen-bond acceptors (Lipinski definition) is 8. The van der Waals surface area contributed by atoms with Crippen LogP contribution >= 0.6 is 11.9 Å². The van der Waals surface area contributed by atoms with Crippen molar-refractivity contribution in [3.05, 3.63) is 12.3 Å². The molecule has 5 aliphatic rings. The largest absolute Gasteiger partial charge is 0.477 e. The summed E-state index contributed by atoms with van der Waals surface area (Å²) in [6.07, 6.45) is 6.67. The fraction of sp³-hybridized carbons (Fsp3) is 0.889. The van der Waals surface area contributed by atoms with Crippen LogP contribution < -0.4 is 25.4 Å². The molecule has 1 aromatic rings. The highest BCUT2D eigenvalue weighted by atomic mass is 32.2. The van der Waals surface area contributed by atoms with Crippen molar-refractivity contribution in [2.45, 2.75) is 120 Å². The second kappa shape index (κ2) is 11.0. The predicted octanol–water partition coefficient (Wildman–Crippen LogP) is 4.33. The van der Waals surface area contributed by atoms with Crippen LogP contribution in [0, 0.1) is 11.3 Å². The van der Waals surface area contributed by atoms with Crippen molar-refractivity contribution in [3.8, 4) is 5.88 Å². The third-order valence-electron chi connectivity index (χ3n) is 9.81. The zero-order valence-electron chi connectivity index (χ0n) is 23.1. The molecule has 0 radical (unpaired) electrons. The lowest BCUT2D eigenvalue weighted by molar-refractivity contribution is -0.190. The van der Waals surface area contributed by atoms with Crippen molar-refractivity contribution < 1.29 is 17.9 Å². The van der Waals surface area contributed by atoms with Gasteiger partial charge in [0, 0.05) is 42.9 Å². The van der Waals surface area contributed by atoms with Gasteiger partial charge in [0.2, 0.25) is 5.88 Å². The van der Waals surface area contributed by atoms with Crippen LogP contribution in [-0.4, -0.2) is 69.8 Å². The van der Waals surface area contributed by atoms with Crippen molar-refractivity contribution in [1.82, 2.24) is 35.4 Å². The Balaban J connectivity index is 1.14. The molecule has 0 amide bonds. The SMILES string of the molecule is CC1(C)CCC2CNC3CCCC(N3)SNCC3CCC(n4ccc(OCCC5(C(F)(F)F)CC5)n4)NC3N21. The number of hydrogen-bond donors (Lipinski definition) is 4. The fourth-order valence-corrected chi connectivity index (χ4v) is 8.23. The first-order valence-electron chi connectivity index (χ1n) is 14.8. The number of ether oxygens (including phenoxy) is 1. The van der Waals surface area contributed by atoms with Crippen LogP contribution in [-0.2, 0) is 0 Å². The van der Waals surface area contributed by atoms with Gasteiger partial charge in [0.15, 0.2) is 0 Å². The second-order valence-electron chi connectivity index (χ2n) is 12.9. The molecule has 6 rings (SSSR count). The number of alkyl halides is 3. The molecule has 0 spiro atoms. The maximum Gasteiger partial charge on any atom is 0.394 e. The predicted molar refractivity (Wildman–Crippen MR) is 146 cm³/mol. The van der Waals surface area contributed by atoms with Crippen LogP contribution in [0.25, 0.3) is 0 Å². The van der Waals surface area contributed by atoms with Gasteiger partial charge in [-0.15, -0.1) is 5.10 Å².